The van der Waals surface area contributed by atoms with Crippen LogP contribution in [0, 0.1) is 5.82 Å². The maximum atomic E-state index is 13.4. The highest BCUT2D eigenvalue weighted by Crippen LogP contribution is 2.42. The molecule has 1 aromatic heterocycles. The van der Waals surface area contributed by atoms with Gasteiger partial charge in [0.25, 0.3) is 0 Å². The van der Waals surface area contributed by atoms with Gasteiger partial charge in [0, 0.05) is 11.7 Å². The van der Waals surface area contributed by atoms with Crippen LogP contribution in [-0.4, -0.2) is 15.5 Å². The molecule has 0 saturated carbocycles. The normalized spacial score (nSPS) is 18.0. The molecule has 2 aromatic carbocycles. The summed E-state index contributed by atoms with van der Waals surface area (Å²) in [5.74, 6) is -0.272. The number of benzene rings is 2. The summed E-state index contributed by atoms with van der Waals surface area (Å²) in [6.07, 6.45) is 0.349. The summed E-state index contributed by atoms with van der Waals surface area (Å²) < 4.78 is 15.0. The number of aromatic nitrogens is 2. The Morgan fingerprint density at radius 1 is 1.19 bits per heavy atom. The fraction of sp³-hybridized carbons (Fsp3) is 0.125. The third kappa shape index (κ3) is 2.05. The van der Waals surface area contributed by atoms with E-state index >= 15 is 0 Å². The van der Waals surface area contributed by atoms with Crippen LogP contribution in [0.3, 0.4) is 0 Å². The second-order valence-electron chi connectivity index (χ2n) is 4.98. The molecule has 0 unspecified atom stereocenters. The van der Waals surface area contributed by atoms with E-state index in [1.807, 2.05) is 30.3 Å². The van der Waals surface area contributed by atoms with Crippen molar-refractivity contribution < 1.29 is 9.18 Å². The summed E-state index contributed by atoms with van der Waals surface area (Å²) in [4.78, 5) is 17.0. The third-order valence-electron chi connectivity index (χ3n) is 3.61. The van der Waals surface area contributed by atoms with Crippen molar-refractivity contribution in [2.75, 3.05) is 0 Å². The molecule has 1 atom stereocenters. The second kappa shape index (κ2) is 4.70. The number of carbonyl (C=O) groups is 1. The Morgan fingerprint density at radius 2 is 2.05 bits per heavy atom. The minimum atomic E-state index is -0.278. The maximum absolute atomic E-state index is 13.4. The molecule has 0 aliphatic carbocycles. The molecule has 0 spiro atoms. The summed E-state index contributed by atoms with van der Waals surface area (Å²) >= 11 is 1.51. The van der Waals surface area contributed by atoms with E-state index < -0.39 is 0 Å². The van der Waals surface area contributed by atoms with Crippen LogP contribution in [-0.2, 0) is 0 Å². The fourth-order valence-corrected chi connectivity index (χ4v) is 3.86. The van der Waals surface area contributed by atoms with Crippen molar-refractivity contribution in [3.05, 3.63) is 59.9 Å². The topological polar surface area (TPSA) is 34.9 Å². The molecule has 4 rings (SSSR count). The van der Waals surface area contributed by atoms with Gasteiger partial charge in [-0.15, -0.1) is 0 Å². The highest BCUT2D eigenvalue weighted by atomic mass is 32.2. The average molecular weight is 298 g/mol. The van der Waals surface area contributed by atoms with Gasteiger partial charge in [-0.2, -0.15) is 0 Å². The van der Waals surface area contributed by atoms with Crippen molar-refractivity contribution in [2.24, 2.45) is 0 Å². The highest BCUT2D eigenvalue weighted by molar-refractivity contribution is 7.99. The number of nitrogens with zero attached hydrogens (tertiary/aromatic N) is 2. The minimum Gasteiger partial charge on any atom is -0.274 e. The molecule has 0 N–H and O–H groups in total. The quantitative estimate of drug-likeness (QED) is 0.679. The molecule has 0 radical (unpaired) electrons. The summed E-state index contributed by atoms with van der Waals surface area (Å²) in [5, 5.41) is 0.597. The van der Waals surface area contributed by atoms with Gasteiger partial charge in [-0.3, -0.25) is 9.36 Å². The van der Waals surface area contributed by atoms with Crippen molar-refractivity contribution in [2.45, 2.75) is 16.8 Å². The molecule has 21 heavy (non-hydrogen) atoms. The van der Waals surface area contributed by atoms with Gasteiger partial charge < -0.3 is 0 Å². The van der Waals surface area contributed by atoms with Crippen LogP contribution < -0.4 is 0 Å². The van der Waals surface area contributed by atoms with E-state index in [1.165, 1.54) is 23.9 Å². The smallest absolute Gasteiger partial charge is 0.234 e. The molecule has 3 nitrogen and oxygen atoms in total. The number of rotatable bonds is 1. The van der Waals surface area contributed by atoms with Gasteiger partial charge >= 0.3 is 0 Å². The number of imidazole rings is 1. The molecule has 2 heterocycles. The number of halogens is 1. The van der Waals surface area contributed by atoms with E-state index in [9.17, 15) is 9.18 Å². The Kier molecular flexibility index (Phi) is 2.82. The number of hydrogen-bond acceptors (Lipinski definition) is 3. The van der Waals surface area contributed by atoms with Crippen LogP contribution in [0.4, 0.5) is 4.39 Å². The Hall–Kier alpha value is -2.14. The van der Waals surface area contributed by atoms with Crippen LogP contribution in [0.25, 0.3) is 11.0 Å². The van der Waals surface area contributed by atoms with Gasteiger partial charge in [-0.05, 0) is 29.8 Å². The summed E-state index contributed by atoms with van der Waals surface area (Å²) in [5.41, 5.74) is 2.47. The Morgan fingerprint density at radius 3 is 2.90 bits per heavy atom. The van der Waals surface area contributed by atoms with Crippen molar-refractivity contribution in [3.63, 3.8) is 0 Å². The Balaban J connectivity index is 1.80. The van der Waals surface area contributed by atoms with E-state index in [2.05, 4.69) is 4.98 Å². The van der Waals surface area contributed by atoms with Crippen molar-refractivity contribution in [1.29, 1.82) is 0 Å². The summed E-state index contributed by atoms with van der Waals surface area (Å²) in [7, 11) is 0. The predicted molar refractivity (Wildman–Crippen MR) is 80.0 cm³/mol. The summed E-state index contributed by atoms with van der Waals surface area (Å²) in [6.45, 7) is 0. The lowest BCUT2D eigenvalue weighted by atomic mass is 10.1. The molecular formula is C16H11FN2OS. The van der Waals surface area contributed by atoms with E-state index in [1.54, 1.807) is 10.6 Å². The molecule has 5 heteroatoms. The van der Waals surface area contributed by atoms with Crippen molar-refractivity contribution >= 4 is 28.7 Å². The molecule has 104 valence electrons. The first-order valence-corrected chi connectivity index (χ1v) is 7.53. The van der Waals surface area contributed by atoms with Crippen LogP contribution in [0.15, 0.2) is 53.7 Å². The van der Waals surface area contributed by atoms with Gasteiger partial charge in [0.1, 0.15) is 5.82 Å². The minimum absolute atomic E-state index is 0.00621. The maximum Gasteiger partial charge on any atom is 0.234 e. The molecule has 0 fully saturated rings. The van der Waals surface area contributed by atoms with Gasteiger partial charge in [-0.1, -0.05) is 36.0 Å². The molecule has 0 amide bonds. The lowest BCUT2D eigenvalue weighted by Gasteiger charge is -2.22. The van der Waals surface area contributed by atoms with Gasteiger partial charge in [0.05, 0.1) is 11.0 Å². The number of carbonyl (C=O) groups excluding carboxylic acids is 1. The molecule has 3 aromatic rings. The molecule has 1 aliphatic heterocycles. The number of fused-ring (bicyclic) bond motifs is 3. The lowest BCUT2D eigenvalue weighted by Crippen LogP contribution is -2.19. The second-order valence-corrected chi connectivity index (χ2v) is 6.15. The van der Waals surface area contributed by atoms with Crippen LogP contribution in [0.2, 0.25) is 0 Å². The molecule has 0 bridgehead atoms. The van der Waals surface area contributed by atoms with Crippen molar-refractivity contribution in [1.82, 2.24) is 9.55 Å². The van der Waals surface area contributed by atoms with E-state index in [0.717, 1.165) is 16.6 Å². The number of hydrogen-bond donors (Lipinski definition) is 0. The average Bonchev–Trinajstić information content (AvgIpc) is 2.86. The zero-order chi connectivity index (χ0) is 14.4. The monoisotopic (exact) mass is 298 g/mol. The number of thioether (sulfide) groups is 1. The summed E-state index contributed by atoms with van der Waals surface area (Å²) in [6, 6.07) is 14.0. The largest absolute Gasteiger partial charge is 0.274 e. The van der Waals surface area contributed by atoms with E-state index in [4.69, 9.17) is 0 Å². The van der Waals surface area contributed by atoms with E-state index in [0.29, 0.717) is 11.6 Å². The third-order valence-corrected chi connectivity index (χ3v) is 4.82. The zero-order valence-electron chi connectivity index (χ0n) is 11.0. The van der Waals surface area contributed by atoms with E-state index in [-0.39, 0.29) is 17.0 Å². The SMILES string of the molecule is O=C1C[C@H](c2cccc(F)c2)Sc2nc3ccccc3n21. The standard InChI is InChI=1S/C16H11FN2OS/c17-11-5-3-4-10(8-11)14-9-15(20)19-13-7-2-1-6-12(13)18-16(19)21-14/h1-8,14H,9H2/t14-/m1/s1. The molecular weight excluding hydrogens is 287 g/mol. The van der Waals surface area contributed by atoms with Gasteiger partial charge in [-0.25, -0.2) is 9.37 Å². The lowest BCUT2D eigenvalue weighted by molar-refractivity contribution is 0.0891. The van der Waals surface area contributed by atoms with Crippen LogP contribution in [0.5, 0.6) is 0 Å². The van der Waals surface area contributed by atoms with Crippen molar-refractivity contribution in [3.8, 4) is 0 Å². The first-order chi connectivity index (χ1) is 10.2. The van der Waals surface area contributed by atoms with Gasteiger partial charge in [0.2, 0.25) is 5.91 Å². The Labute approximate surface area is 124 Å². The number of para-hydroxylation sites is 2. The zero-order valence-corrected chi connectivity index (χ0v) is 11.8. The molecule has 0 saturated heterocycles. The highest BCUT2D eigenvalue weighted by Gasteiger charge is 2.29. The fourth-order valence-electron chi connectivity index (χ4n) is 2.64. The Bertz CT molecular complexity index is 858. The first kappa shape index (κ1) is 12.6. The van der Waals surface area contributed by atoms with Gasteiger partial charge in [0.15, 0.2) is 5.16 Å². The van der Waals surface area contributed by atoms with Crippen LogP contribution >= 0.6 is 11.8 Å². The first-order valence-electron chi connectivity index (χ1n) is 6.65. The predicted octanol–water partition coefficient (Wildman–Crippen LogP) is 4.05. The van der Waals surface area contributed by atoms with Crippen LogP contribution in [0.1, 0.15) is 22.0 Å². The molecule has 1 aliphatic rings.